The zero-order valence-electron chi connectivity index (χ0n) is 15.1. The number of ether oxygens (including phenoxy) is 1. The fourth-order valence-corrected chi connectivity index (χ4v) is 4.29. The molecule has 1 atom stereocenters. The molecule has 0 radical (unpaired) electrons. The van der Waals surface area contributed by atoms with Crippen molar-refractivity contribution >= 4 is 22.4 Å². The monoisotopic (exact) mass is 359 g/mol. The van der Waals surface area contributed by atoms with Crippen LogP contribution in [0.1, 0.15) is 37.3 Å². The van der Waals surface area contributed by atoms with Crippen molar-refractivity contribution in [3.8, 4) is 0 Å². The molecule has 1 unspecified atom stereocenters. The Morgan fingerprint density at radius 1 is 1.32 bits per heavy atom. The molecule has 6 heteroatoms. The lowest BCUT2D eigenvalue weighted by Gasteiger charge is -2.39. The van der Waals surface area contributed by atoms with Gasteiger partial charge in [-0.15, -0.1) is 10.2 Å². The smallest absolute Gasteiger partial charge is 0.311 e. The number of aromatic nitrogens is 2. The quantitative estimate of drug-likeness (QED) is 0.764. The highest BCUT2D eigenvalue weighted by Crippen LogP contribution is 2.37. The number of piperidine rings is 1. The largest absolute Gasteiger partial charge is 0.469 e. The van der Waals surface area contributed by atoms with Crippen LogP contribution < -0.4 is 4.90 Å². The van der Waals surface area contributed by atoms with Crippen LogP contribution >= 0.6 is 11.3 Å². The van der Waals surface area contributed by atoms with Crippen molar-refractivity contribution in [3.05, 3.63) is 40.9 Å². The molecule has 0 spiro atoms. The highest BCUT2D eigenvalue weighted by molar-refractivity contribution is 7.15. The Morgan fingerprint density at radius 3 is 2.80 bits per heavy atom. The number of benzene rings is 1. The first kappa shape index (κ1) is 17.9. The number of carbonyl (C=O) groups excluding carboxylic acids is 1. The fraction of sp³-hybridized carbons (Fsp3) is 0.526. The molecule has 25 heavy (non-hydrogen) atoms. The third-order valence-corrected chi connectivity index (χ3v) is 6.06. The van der Waals surface area contributed by atoms with Crippen LogP contribution in [-0.2, 0) is 16.0 Å². The first-order chi connectivity index (χ1) is 12.0. The summed E-state index contributed by atoms with van der Waals surface area (Å²) in [5.74, 6) is 0.122. The van der Waals surface area contributed by atoms with Gasteiger partial charge in [-0.3, -0.25) is 4.79 Å². The van der Waals surface area contributed by atoms with Crippen molar-refractivity contribution in [3.63, 3.8) is 0 Å². The Hall–Kier alpha value is -1.95. The van der Waals surface area contributed by atoms with E-state index in [-0.39, 0.29) is 11.9 Å². The molecule has 1 aliphatic rings. The number of carbonyl (C=O) groups is 1. The topological polar surface area (TPSA) is 55.3 Å². The molecule has 0 bridgehead atoms. The van der Waals surface area contributed by atoms with Crippen LogP contribution in [0.15, 0.2) is 30.3 Å². The summed E-state index contributed by atoms with van der Waals surface area (Å²) in [7, 11) is 1.46. The second-order valence-corrected chi connectivity index (χ2v) is 8.18. The molecule has 1 saturated heterocycles. The van der Waals surface area contributed by atoms with Gasteiger partial charge in [-0.2, -0.15) is 0 Å². The van der Waals surface area contributed by atoms with Crippen LogP contribution in [0.4, 0.5) is 5.13 Å². The van der Waals surface area contributed by atoms with E-state index in [0.29, 0.717) is 0 Å². The fourth-order valence-electron chi connectivity index (χ4n) is 3.38. The molecule has 2 aromatic rings. The van der Waals surface area contributed by atoms with E-state index in [4.69, 9.17) is 4.74 Å². The summed E-state index contributed by atoms with van der Waals surface area (Å²) in [6, 6.07) is 10.3. The number of methoxy groups -OCH3 is 1. The number of hydrogen-bond acceptors (Lipinski definition) is 6. The maximum atomic E-state index is 12.1. The zero-order chi connectivity index (χ0) is 17.9. The Bertz CT molecular complexity index is 714. The number of esters is 1. The minimum Gasteiger partial charge on any atom is -0.469 e. The molecule has 0 aliphatic carbocycles. The predicted molar refractivity (Wildman–Crippen MR) is 99.9 cm³/mol. The third-order valence-electron chi connectivity index (χ3n) is 5.08. The molecule has 134 valence electrons. The molecule has 0 N–H and O–H groups in total. The highest BCUT2D eigenvalue weighted by Gasteiger charge is 2.40. The second kappa shape index (κ2) is 7.52. The molecule has 1 aliphatic heterocycles. The van der Waals surface area contributed by atoms with Crippen molar-refractivity contribution < 1.29 is 9.53 Å². The summed E-state index contributed by atoms with van der Waals surface area (Å²) in [6.07, 6.45) is 2.90. The maximum Gasteiger partial charge on any atom is 0.311 e. The summed E-state index contributed by atoms with van der Waals surface area (Å²) < 4.78 is 5.00. The molecule has 3 rings (SSSR count). The summed E-state index contributed by atoms with van der Waals surface area (Å²) in [5.41, 5.74) is 0.763. The molecular weight excluding hydrogens is 334 g/mol. The first-order valence-corrected chi connectivity index (χ1v) is 9.52. The van der Waals surface area contributed by atoms with E-state index in [9.17, 15) is 4.79 Å². The Kier molecular flexibility index (Phi) is 5.37. The summed E-state index contributed by atoms with van der Waals surface area (Å²) >= 11 is 1.65. The van der Waals surface area contributed by atoms with Crippen LogP contribution in [0.3, 0.4) is 0 Å². The Balaban J connectivity index is 1.69. The van der Waals surface area contributed by atoms with Crippen molar-refractivity contribution in [1.29, 1.82) is 0 Å². The van der Waals surface area contributed by atoms with Gasteiger partial charge < -0.3 is 9.64 Å². The molecule has 1 aromatic heterocycles. The van der Waals surface area contributed by atoms with Crippen molar-refractivity contribution in [2.75, 3.05) is 25.1 Å². The number of anilines is 1. The van der Waals surface area contributed by atoms with Crippen molar-refractivity contribution in [2.24, 2.45) is 11.3 Å². The molecule has 0 amide bonds. The zero-order valence-corrected chi connectivity index (χ0v) is 15.9. The molecule has 5 nitrogen and oxygen atoms in total. The normalized spacial score (nSPS) is 18.2. The highest BCUT2D eigenvalue weighted by atomic mass is 32.1. The van der Waals surface area contributed by atoms with Gasteiger partial charge in [0, 0.05) is 19.5 Å². The van der Waals surface area contributed by atoms with Gasteiger partial charge in [-0.1, -0.05) is 41.7 Å². The number of nitrogens with zero attached hydrogens (tertiary/aromatic N) is 3. The first-order valence-electron chi connectivity index (χ1n) is 8.70. The maximum absolute atomic E-state index is 12.1. The van der Waals surface area contributed by atoms with Crippen LogP contribution in [0.5, 0.6) is 0 Å². The van der Waals surface area contributed by atoms with Gasteiger partial charge in [0.1, 0.15) is 5.01 Å². The lowest BCUT2D eigenvalue weighted by molar-refractivity contribution is -0.154. The van der Waals surface area contributed by atoms with Gasteiger partial charge in [-0.05, 0) is 38.2 Å². The van der Waals surface area contributed by atoms with Crippen molar-refractivity contribution in [1.82, 2.24) is 10.2 Å². The van der Waals surface area contributed by atoms with E-state index in [0.717, 1.165) is 42.5 Å². The van der Waals surface area contributed by atoms with Gasteiger partial charge in [0.05, 0.1) is 12.5 Å². The summed E-state index contributed by atoms with van der Waals surface area (Å²) in [5, 5.41) is 10.7. The van der Waals surface area contributed by atoms with Gasteiger partial charge in [-0.25, -0.2) is 0 Å². The van der Waals surface area contributed by atoms with E-state index in [1.807, 2.05) is 32.0 Å². The number of hydrogen-bond donors (Lipinski definition) is 0. The summed E-state index contributed by atoms with van der Waals surface area (Å²) in [4.78, 5) is 14.4. The predicted octanol–water partition coefficient (Wildman–Crippen LogP) is 3.54. The molecule has 1 fully saturated rings. The van der Waals surface area contributed by atoms with E-state index < -0.39 is 5.41 Å². The van der Waals surface area contributed by atoms with E-state index in [1.54, 1.807) is 11.3 Å². The minimum absolute atomic E-state index is 0.138. The van der Waals surface area contributed by atoms with Crippen LogP contribution in [0.25, 0.3) is 0 Å². The van der Waals surface area contributed by atoms with Crippen LogP contribution in [0, 0.1) is 11.3 Å². The lowest BCUT2D eigenvalue weighted by Crippen LogP contribution is -2.45. The second-order valence-electron chi connectivity index (χ2n) is 7.14. The van der Waals surface area contributed by atoms with Crippen LogP contribution in [0.2, 0.25) is 0 Å². The molecule has 0 saturated carbocycles. The Morgan fingerprint density at radius 2 is 2.08 bits per heavy atom. The molecule has 2 heterocycles. The third kappa shape index (κ3) is 4.00. The number of rotatable bonds is 5. The Labute approximate surface area is 153 Å². The minimum atomic E-state index is -0.481. The van der Waals surface area contributed by atoms with E-state index in [1.165, 1.54) is 12.7 Å². The lowest BCUT2D eigenvalue weighted by atomic mass is 9.74. The van der Waals surface area contributed by atoms with Gasteiger partial charge in [0.25, 0.3) is 0 Å². The average Bonchev–Trinajstić information content (AvgIpc) is 3.10. The van der Waals surface area contributed by atoms with Gasteiger partial charge >= 0.3 is 5.97 Å². The van der Waals surface area contributed by atoms with Gasteiger partial charge in [0.15, 0.2) is 0 Å². The SMILES string of the molecule is COC(=O)C(C)(C)C1CCCN(c2nnc(Cc3ccccc3)s2)C1. The van der Waals surface area contributed by atoms with Crippen LogP contribution in [-0.4, -0.2) is 36.4 Å². The average molecular weight is 359 g/mol. The molecular formula is C19H25N3O2S. The standard InChI is InChI=1S/C19H25N3O2S/c1-19(2,17(23)24-3)15-10-7-11-22(13-15)18-21-20-16(25-18)12-14-8-5-4-6-9-14/h4-6,8-9,15H,7,10-13H2,1-3H3. The molecule has 1 aromatic carbocycles. The van der Waals surface area contributed by atoms with E-state index >= 15 is 0 Å². The van der Waals surface area contributed by atoms with Crippen molar-refractivity contribution in [2.45, 2.75) is 33.1 Å². The van der Waals surface area contributed by atoms with E-state index in [2.05, 4.69) is 27.2 Å². The van der Waals surface area contributed by atoms with Gasteiger partial charge in [0.2, 0.25) is 5.13 Å². The summed E-state index contributed by atoms with van der Waals surface area (Å²) in [6.45, 7) is 5.75.